The van der Waals surface area contributed by atoms with Crippen LogP contribution in [0.15, 0.2) is 35.8 Å². The van der Waals surface area contributed by atoms with Crippen LogP contribution in [0.5, 0.6) is 5.75 Å². The average molecular weight is 465 g/mol. The van der Waals surface area contributed by atoms with Crippen molar-refractivity contribution in [3.63, 3.8) is 0 Å². The lowest BCUT2D eigenvalue weighted by atomic mass is 10.0. The molecule has 1 fully saturated rings. The number of piperidine rings is 1. The third kappa shape index (κ3) is 4.94. The Morgan fingerprint density at radius 3 is 2.61 bits per heavy atom. The van der Waals surface area contributed by atoms with Crippen LogP contribution < -0.4 is 4.74 Å². The zero-order valence-corrected chi connectivity index (χ0v) is 20.9. The molecule has 0 saturated carbocycles. The second-order valence-corrected chi connectivity index (χ2v) is 9.68. The van der Waals surface area contributed by atoms with E-state index in [-0.39, 0.29) is 11.9 Å². The Kier molecular flexibility index (Phi) is 7.10. The van der Waals surface area contributed by atoms with Crippen molar-refractivity contribution in [2.75, 3.05) is 27.2 Å². The predicted octanol–water partition coefficient (Wildman–Crippen LogP) is 4.88. The molecule has 7 heteroatoms. The molecular weight excluding hydrogens is 432 g/mol. The molecule has 0 atom stereocenters. The maximum absolute atomic E-state index is 13.1. The van der Waals surface area contributed by atoms with Gasteiger partial charge in [0.25, 0.3) is 5.91 Å². The van der Waals surface area contributed by atoms with Crippen LogP contribution in [0.25, 0.3) is 10.6 Å². The van der Waals surface area contributed by atoms with Crippen molar-refractivity contribution >= 4 is 17.2 Å². The Morgan fingerprint density at radius 2 is 1.91 bits per heavy atom. The van der Waals surface area contributed by atoms with E-state index >= 15 is 0 Å². The molecule has 4 rings (SSSR count). The van der Waals surface area contributed by atoms with Gasteiger partial charge in [0.2, 0.25) is 0 Å². The van der Waals surface area contributed by atoms with Gasteiger partial charge >= 0.3 is 0 Å². The molecule has 1 amide bonds. The molecule has 1 aliphatic rings. The van der Waals surface area contributed by atoms with Gasteiger partial charge in [-0.25, -0.2) is 4.98 Å². The van der Waals surface area contributed by atoms with E-state index < -0.39 is 0 Å². The van der Waals surface area contributed by atoms with Crippen molar-refractivity contribution < 1.29 is 9.53 Å². The van der Waals surface area contributed by atoms with Crippen LogP contribution in [0.3, 0.4) is 0 Å². The molecule has 0 unspecified atom stereocenters. The molecule has 1 aromatic carbocycles. The largest absolute Gasteiger partial charge is 0.496 e. The number of carbonyl (C=O) groups is 1. The molecule has 3 aromatic rings. The summed E-state index contributed by atoms with van der Waals surface area (Å²) in [7, 11) is 3.62. The van der Waals surface area contributed by atoms with Gasteiger partial charge in [-0.05, 0) is 39.2 Å². The van der Waals surface area contributed by atoms with E-state index in [4.69, 9.17) is 4.74 Å². The Hall–Kier alpha value is -2.77. The number of aryl methyl sites for hydroxylation is 2. The fraction of sp³-hybridized carbons (Fsp3) is 0.423. The number of likely N-dealkylation sites (tertiary alicyclic amines) is 1. The molecule has 0 aliphatic carbocycles. The fourth-order valence-electron chi connectivity index (χ4n) is 4.56. The number of rotatable bonds is 6. The van der Waals surface area contributed by atoms with E-state index in [1.54, 1.807) is 7.11 Å². The minimum Gasteiger partial charge on any atom is -0.496 e. The van der Waals surface area contributed by atoms with Crippen molar-refractivity contribution in [2.24, 2.45) is 0 Å². The van der Waals surface area contributed by atoms with Crippen molar-refractivity contribution in [2.45, 2.75) is 46.2 Å². The lowest BCUT2D eigenvalue weighted by Gasteiger charge is -2.36. The zero-order chi connectivity index (χ0) is 23.5. The summed E-state index contributed by atoms with van der Waals surface area (Å²) in [6.07, 6.45) is 3.78. The maximum Gasteiger partial charge on any atom is 0.273 e. The highest BCUT2D eigenvalue weighted by molar-refractivity contribution is 7.13. The van der Waals surface area contributed by atoms with Crippen molar-refractivity contribution in [3.05, 3.63) is 63.9 Å². The summed E-state index contributed by atoms with van der Waals surface area (Å²) in [6, 6.07) is 8.38. The van der Waals surface area contributed by atoms with Crippen LogP contribution in [0.4, 0.5) is 0 Å². The Balaban J connectivity index is 1.36. The van der Waals surface area contributed by atoms with Gasteiger partial charge in [0.05, 0.1) is 12.8 Å². The van der Waals surface area contributed by atoms with Crippen LogP contribution in [-0.2, 0) is 6.54 Å². The van der Waals surface area contributed by atoms with E-state index in [1.807, 2.05) is 42.6 Å². The summed E-state index contributed by atoms with van der Waals surface area (Å²) in [5.74, 6) is 0.930. The first-order valence-electron chi connectivity index (χ1n) is 11.4. The number of amides is 1. The van der Waals surface area contributed by atoms with E-state index in [0.29, 0.717) is 5.69 Å². The standard InChI is InChI=1S/C26H32N4O2S/c1-17-8-6-7-9-21(17)25-28-23(16-33-25)26(31)29(4)20-10-12-30(13-11-20)15-22-19(3)24(32-5)18(2)14-27-22/h6-9,14,16,20H,10-13,15H2,1-5H3. The number of benzene rings is 1. The number of hydrogen-bond acceptors (Lipinski definition) is 6. The zero-order valence-electron chi connectivity index (χ0n) is 20.1. The number of aromatic nitrogens is 2. The number of thiazole rings is 1. The van der Waals surface area contributed by atoms with Gasteiger partial charge in [0.15, 0.2) is 0 Å². The van der Waals surface area contributed by atoms with E-state index in [0.717, 1.165) is 65.6 Å². The van der Waals surface area contributed by atoms with Crippen LogP contribution in [-0.4, -0.2) is 59.0 Å². The van der Waals surface area contributed by atoms with Gasteiger partial charge in [-0.3, -0.25) is 14.7 Å². The summed E-state index contributed by atoms with van der Waals surface area (Å²) < 4.78 is 5.55. The van der Waals surface area contributed by atoms with E-state index in [1.165, 1.54) is 16.9 Å². The Bertz CT molecular complexity index is 1140. The number of carbonyl (C=O) groups excluding carboxylic acids is 1. The summed E-state index contributed by atoms with van der Waals surface area (Å²) >= 11 is 1.53. The molecule has 33 heavy (non-hydrogen) atoms. The molecule has 0 bridgehead atoms. The van der Waals surface area contributed by atoms with Crippen LogP contribution in [0.1, 0.15) is 45.7 Å². The molecule has 0 N–H and O–H groups in total. The van der Waals surface area contributed by atoms with Crippen molar-refractivity contribution in [1.82, 2.24) is 19.8 Å². The fourth-order valence-corrected chi connectivity index (χ4v) is 5.45. The first-order valence-corrected chi connectivity index (χ1v) is 12.3. The number of ether oxygens (including phenoxy) is 1. The first kappa shape index (κ1) is 23.4. The minimum atomic E-state index is 0.00492. The topological polar surface area (TPSA) is 58.6 Å². The molecule has 6 nitrogen and oxygen atoms in total. The second kappa shape index (κ2) is 10.0. The van der Waals surface area contributed by atoms with Gasteiger partial charge in [-0.15, -0.1) is 11.3 Å². The molecule has 2 aromatic heterocycles. The number of nitrogens with zero attached hydrogens (tertiary/aromatic N) is 4. The molecule has 0 radical (unpaired) electrons. The van der Waals surface area contributed by atoms with Crippen LogP contribution >= 0.6 is 11.3 Å². The quantitative estimate of drug-likeness (QED) is 0.521. The number of pyridine rings is 1. The summed E-state index contributed by atoms with van der Waals surface area (Å²) in [4.78, 5) is 26.7. The lowest BCUT2D eigenvalue weighted by molar-refractivity contribution is 0.0630. The molecule has 1 aliphatic heterocycles. The molecule has 174 valence electrons. The van der Waals surface area contributed by atoms with Gasteiger partial charge in [-0.1, -0.05) is 24.3 Å². The SMILES string of the molecule is COc1c(C)cnc(CN2CCC(N(C)C(=O)c3csc(-c4ccccc4C)n3)CC2)c1C. The highest BCUT2D eigenvalue weighted by Gasteiger charge is 2.28. The smallest absolute Gasteiger partial charge is 0.273 e. The van der Waals surface area contributed by atoms with E-state index in [9.17, 15) is 4.79 Å². The highest BCUT2D eigenvalue weighted by Crippen LogP contribution is 2.28. The van der Waals surface area contributed by atoms with Crippen LogP contribution in [0, 0.1) is 20.8 Å². The lowest BCUT2D eigenvalue weighted by Crippen LogP contribution is -2.45. The summed E-state index contributed by atoms with van der Waals surface area (Å²) in [5, 5.41) is 2.78. The molecule has 3 heterocycles. The average Bonchev–Trinajstić information content (AvgIpc) is 3.31. The second-order valence-electron chi connectivity index (χ2n) is 8.82. The van der Waals surface area contributed by atoms with Crippen molar-refractivity contribution in [1.29, 1.82) is 0 Å². The summed E-state index contributed by atoms with van der Waals surface area (Å²) in [6.45, 7) is 8.84. The highest BCUT2D eigenvalue weighted by atomic mass is 32.1. The Morgan fingerprint density at radius 1 is 1.18 bits per heavy atom. The van der Waals surface area contributed by atoms with Gasteiger partial charge < -0.3 is 9.64 Å². The monoisotopic (exact) mass is 464 g/mol. The molecule has 0 spiro atoms. The van der Waals surface area contributed by atoms with Gasteiger partial charge in [0.1, 0.15) is 16.5 Å². The maximum atomic E-state index is 13.1. The third-order valence-electron chi connectivity index (χ3n) is 6.65. The van der Waals surface area contributed by atoms with Crippen molar-refractivity contribution in [3.8, 4) is 16.3 Å². The predicted molar refractivity (Wildman–Crippen MR) is 133 cm³/mol. The van der Waals surface area contributed by atoms with Crippen LogP contribution in [0.2, 0.25) is 0 Å². The van der Waals surface area contributed by atoms with E-state index in [2.05, 4.69) is 40.8 Å². The normalized spacial score (nSPS) is 14.9. The number of methoxy groups -OCH3 is 1. The molecule has 1 saturated heterocycles. The first-order chi connectivity index (χ1) is 15.9. The van der Waals surface area contributed by atoms with Gasteiger partial charge in [0, 0.05) is 61.0 Å². The third-order valence-corrected chi connectivity index (χ3v) is 7.52. The number of hydrogen-bond donors (Lipinski definition) is 0. The Labute approximate surface area is 200 Å². The molecular formula is C26H32N4O2S. The summed E-state index contributed by atoms with van der Waals surface area (Å²) in [5.41, 5.74) is 6.03. The minimum absolute atomic E-state index is 0.00492. The van der Waals surface area contributed by atoms with Gasteiger partial charge in [-0.2, -0.15) is 0 Å².